The summed E-state index contributed by atoms with van der Waals surface area (Å²) in [5.41, 5.74) is 1.51. The van der Waals surface area contributed by atoms with Gasteiger partial charge in [0.15, 0.2) is 0 Å². The number of ketones is 1. The molecule has 0 fully saturated rings. The lowest BCUT2D eigenvalue weighted by Gasteiger charge is -2.09. The highest BCUT2D eigenvalue weighted by Gasteiger charge is 2.18. The van der Waals surface area contributed by atoms with Crippen molar-refractivity contribution in [3.05, 3.63) is 39.4 Å². The highest BCUT2D eigenvalue weighted by atomic mass is 79.9. The summed E-state index contributed by atoms with van der Waals surface area (Å²) in [5, 5.41) is 10.6. The Balaban J connectivity index is 3.22. The summed E-state index contributed by atoms with van der Waals surface area (Å²) in [6, 6.07) is 4.50. The van der Waals surface area contributed by atoms with Crippen molar-refractivity contribution in [1.29, 1.82) is 0 Å². The molecule has 1 atom stereocenters. The Bertz CT molecular complexity index is 417. The lowest BCUT2D eigenvalue weighted by Crippen LogP contribution is -2.03. The van der Waals surface area contributed by atoms with Gasteiger partial charge in [0, 0.05) is 12.1 Å². The van der Waals surface area contributed by atoms with E-state index in [1.807, 2.05) is 6.92 Å². The SMILES string of the molecule is CC(=O)C(Br)c1cc([N+](=O)[O-])ccc1C. The van der Waals surface area contributed by atoms with Gasteiger partial charge in [-0.3, -0.25) is 14.9 Å². The van der Waals surface area contributed by atoms with Crippen molar-refractivity contribution < 1.29 is 9.72 Å². The first kappa shape index (κ1) is 11.8. The Hall–Kier alpha value is -1.23. The molecule has 1 rings (SSSR count). The van der Waals surface area contributed by atoms with Crippen LogP contribution in [0.15, 0.2) is 18.2 Å². The van der Waals surface area contributed by atoms with Crippen molar-refractivity contribution >= 4 is 27.4 Å². The van der Waals surface area contributed by atoms with Gasteiger partial charge < -0.3 is 0 Å². The first-order valence-corrected chi connectivity index (χ1v) is 5.24. The molecule has 4 nitrogen and oxygen atoms in total. The van der Waals surface area contributed by atoms with Crippen LogP contribution in [-0.4, -0.2) is 10.7 Å². The Morgan fingerprint density at radius 2 is 2.13 bits per heavy atom. The van der Waals surface area contributed by atoms with Gasteiger partial charge in [0.2, 0.25) is 0 Å². The first-order valence-electron chi connectivity index (χ1n) is 4.33. The normalized spacial score (nSPS) is 12.2. The summed E-state index contributed by atoms with van der Waals surface area (Å²) in [6.07, 6.45) is 0. The van der Waals surface area contributed by atoms with Crippen molar-refractivity contribution in [3.8, 4) is 0 Å². The number of hydrogen-bond acceptors (Lipinski definition) is 3. The summed E-state index contributed by atoms with van der Waals surface area (Å²) < 4.78 is 0. The molecule has 0 aromatic heterocycles. The Morgan fingerprint density at radius 1 is 1.53 bits per heavy atom. The summed E-state index contributed by atoms with van der Waals surface area (Å²) in [6.45, 7) is 3.26. The van der Waals surface area contributed by atoms with Gasteiger partial charge >= 0.3 is 0 Å². The number of carbonyl (C=O) groups excluding carboxylic acids is 1. The predicted molar refractivity (Wildman–Crippen MR) is 60.2 cm³/mol. The fraction of sp³-hybridized carbons (Fsp3) is 0.300. The van der Waals surface area contributed by atoms with Crippen molar-refractivity contribution in [3.63, 3.8) is 0 Å². The number of aryl methyl sites for hydroxylation is 1. The molecule has 0 radical (unpaired) electrons. The minimum absolute atomic E-state index is 0.00120. The number of Topliss-reactive ketones (excluding diaryl/α,β-unsaturated/α-hetero) is 1. The molecule has 0 saturated heterocycles. The van der Waals surface area contributed by atoms with Gasteiger partial charge in [-0.15, -0.1) is 0 Å². The summed E-state index contributed by atoms with van der Waals surface area (Å²) in [7, 11) is 0. The summed E-state index contributed by atoms with van der Waals surface area (Å²) in [4.78, 5) is 20.8. The molecular weight excluding hydrogens is 262 g/mol. The number of alkyl halides is 1. The molecule has 0 amide bonds. The van der Waals surface area contributed by atoms with E-state index in [4.69, 9.17) is 0 Å². The smallest absolute Gasteiger partial charge is 0.269 e. The van der Waals surface area contributed by atoms with E-state index < -0.39 is 9.75 Å². The van der Waals surface area contributed by atoms with E-state index in [1.165, 1.54) is 19.1 Å². The second-order valence-corrected chi connectivity index (χ2v) is 4.19. The minimum atomic E-state index is -0.475. The Morgan fingerprint density at radius 3 is 2.60 bits per heavy atom. The fourth-order valence-corrected chi connectivity index (χ4v) is 1.73. The van der Waals surface area contributed by atoms with E-state index in [0.29, 0.717) is 5.56 Å². The second-order valence-electron chi connectivity index (χ2n) is 3.27. The maximum atomic E-state index is 11.2. The van der Waals surface area contributed by atoms with Crippen LogP contribution >= 0.6 is 15.9 Å². The van der Waals surface area contributed by atoms with Crippen LogP contribution in [0.5, 0.6) is 0 Å². The van der Waals surface area contributed by atoms with Gasteiger partial charge in [-0.05, 0) is 25.0 Å². The molecule has 0 saturated carbocycles. The molecule has 0 N–H and O–H groups in total. The number of nitro groups is 1. The van der Waals surface area contributed by atoms with Crippen molar-refractivity contribution in [2.24, 2.45) is 0 Å². The molecule has 1 aromatic rings. The Labute approximate surface area is 95.6 Å². The largest absolute Gasteiger partial charge is 0.298 e. The summed E-state index contributed by atoms with van der Waals surface area (Å²) >= 11 is 3.21. The lowest BCUT2D eigenvalue weighted by atomic mass is 10.0. The quantitative estimate of drug-likeness (QED) is 0.483. The molecule has 1 unspecified atom stereocenters. The van der Waals surface area contributed by atoms with Gasteiger partial charge in [-0.2, -0.15) is 0 Å². The molecule has 5 heteroatoms. The molecule has 0 spiro atoms. The molecule has 0 heterocycles. The van der Waals surface area contributed by atoms with Gasteiger partial charge in [-0.25, -0.2) is 0 Å². The van der Waals surface area contributed by atoms with Crippen LogP contribution < -0.4 is 0 Å². The first-order chi connectivity index (χ1) is 6.93. The predicted octanol–water partition coefficient (Wildman–Crippen LogP) is 2.93. The van der Waals surface area contributed by atoms with Gasteiger partial charge in [0.05, 0.1) is 9.75 Å². The van der Waals surface area contributed by atoms with Gasteiger partial charge in [0.25, 0.3) is 5.69 Å². The number of nitrogens with zero attached hydrogens (tertiary/aromatic N) is 1. The zero-order valence-corrected chi connectivity index (χ0v) is 9.95. The third-order valence-electron chi connectivity index (χ3n) is 2.10. The number of rotatable bonds is 3. The van der Waals surface area contributed by atoms with Crippen molar-refractivity contribution in [2.45, 2.75) is 18.7 Å². The standard InChI is InChI=1S/C10H10BrNO3/c1-6-3-4-8(12(14)15)5-9(6)10(11)7(2)13/h3-5,10H,1-2H3. The van der Waals surface area contributed by atoms with Gasteiger partial charge in [0.1, 0.15) is 5.78 Å². The van der Waals surface area contributed by atoms with E-state index in [-0.39, 0.29) is 11.5 Å². The van der Waals surface area contributed by atoms with Crippen LogP contribution in [-0.2, 0) is 4.79 Å². The third kappa shape index (κ3) is 2.62. The molecule has 80 valence electrons. The molecule has 0 bridgehead atoms. The zero-order valence-electron chi connectivity index (χ0n) is 8.36. The molecule has 1 aromatic carbocycles. The summed E-state index contributed by atoms with van der Waals surface area (Å²) in [5.74, 6) is -0.0707. The lowest BCUT2D eigenvalue weighted by molar-refractivity contribution is -0.384. The van der Waals surface area contributed by atoms with Crippen LogP contribution in [0.3, 0.4) is 0 Å². The minimum Gasteiger partial charge on any atom is -0.298 e. The number of carbonyl (C=O) groups is 1. The average molecular weight is 272 g/mol. The van der Waals surface area contributed by atoms with Crippen molar-refractivity contribution in [1.82, 2.24) is 0 Å². The monoisotopic (exact) mass is 271 g/mol. The van der Waals surface area contributed by atoms with E-state index >= 15 is 0 Å². The van der Waals surface area contributed by atoms with E-state index in [9.17, 15) is 14.9 Å². The number of benzene rings is 1. The highest BCUT2D eigenvalue weighted by Crippen LogP contribution is 2.29. The molecule has 0 aliphatic carbocycles. The average Bonchev–Trinajstić information content (AvgIpc) is 2.16. The fourth-order valence-electron chi connectivity index (χ4n) is 1.23. The second kappa shape index (κ2) is 4.53. The maximum Gasteiger partial charge on any atom is 0.269 e. The third-order valence-corrected chi connectivity index (χ3v) is 3.24. The zero-order chi connectivity index (χ0) is 11.6. The number of non-ortho nitro benzene ring substituents is 1. The topological polar surface area (TPSA) is 60.2 Å². The van der Waals surface area contributed by atoms with Crippen LogP contribution in [0.4, 0.5) is 5.69 Å². The molecule has 0 aliphatic rings. The molecule has 15 heavy (non-hydrogen) atoms. The number of hydrogen-bond donors (Lipinski definition) is 0. The molecule has 0 aliphatic heterocycles. The van der Waals surface area contributed by atoms with Crippen LogP contribution in [0, 0.1) is 17.0 Å². The molecular formula is C10H10BrNO3. The highest BCUT2D eigenvalue weighted by molar-refractivity contribution is 9.09. The van der Waals surface area contributed by atoms with E-state index in [0.717, 1.165) is 5.56 Å². The number of nitro benzene ring substituents is 1. The van der Waals surface area contributed by atoms with Crippen molar-refractivity contribution in [2.75, 3.05) is 0 Å². The van der Waals surface area contributed by atoms with E-state index in [1.54, 1.807) is 6.07 Å². The Kier molecular flexibility index (Phi) is 3.57. The van der Waals surface area contributed by atoms with Crippen LogP contribution in [0.1, 0.15) is 22.9 Å². The van der Waals surface area contributed by atoms with Crippen LogP contribution in [0.2, 0.25) is 0 Å². The maximum absolute atomic E-state index is 11.2. The van der Waals surface area contributed by atoms with E-state index in [2.05, 4.69) is 15.9 Å². The number of halogens is 1. The van der Waals surface area contributed by atoms with Gasteiger partial charge in [-0.1, -0.05) is 22.0 Å². The van der Waals surface area contributed by atoms with Crippen LogP contribution in [0.25, 0.3) is 0 Å².